The first-order valence-corrected chi connectivity index (χ1v) is 6.75. The number of halogens is 2. The summed E-state index contributed by atoms with van der Waals surface area (Å²) >= 11 is 9.37. The summed E-state index contributed by atoms with van der Waals surface area (Å²) in [6.07, 6.45) is 2.66. The zero-order valence-electron chi connectivity index (χ0n) is 10.4. The first-order chi connectivity index (χ1) is 7.78. The Balaban J connectivity index is 2.50. The molecule has 5 heteroatoms. The smallest absolute Gasteiger partial charge is 0.144 e. The van der Waals surface area contributed by atoms with E-state index in [9.17, 15) is 0 Å². The van der Waals surface area contributed by atoms with Gasteiger partial charge in [0.15, 0.2) is 0 Å². The quantitative estimate of drug-likeness (QED) is 0.890. The van der Waals surface area contributed by atoms with Crippen molar-refractivity contribution in [2.45, 2.75) is 33.2 Å². The van der Waals surface area contributed by atoms with Gasteiger partial charge in [-0.1, -0.05) is 32.4 Å². The molecule has 1 aromatic heterocycles. The van der Waals surface area contributed by atoms with E-state index in [1.54, 1.807) is 6.20 Å². The Morgan fingerprint density at radius 3 is 2.71 bits per heavy atom. The molecule has 1 unspecified atom stereocenters. The van der Waals surface area contributed by atoms with Gasteiger partial charge in [-0.2, -0.15) is 0 Å². The molecule has 0 saturated heterocycles. The Bertz CT molecular complexity index is 377. The van der Waals surface area contributed by atoms with Gasteiger partial charge in [0.1, 0.15) is 5.82 Å². The van der Waals surface area contributed by atoms with Gasteiger partial charge >= 0.3 is 0 Å². The molecule has 0 amide bonds. The summed E-state index contributed by atoms with van der Waals surface area (Å²) in [5, 5.41) is 3.77. The SMILES string of the molecule is CC(C)(C)CC(N)CNc1ncc(Br)cc1Cl. The molecular weight excluding hydrogens is 302 g/mol. The fourth-order valence-corrected chi connectivity index (χ4v) is 2.33. The maximum absolute atomic E-state index is 6.05. The van der Waals surface area contributed by atoms with Gasteiger partial charge in [0.05, 0.1) is 5.02 Å². The zero-order chi connectivity index (χ0) is 13.1. The molecule has 0 spiro atoms. The van der Waals surface area contributed by atoms with Crippen molar-refractivity contribution in [2.75, 3.05) is 11.9 Å². The minimum absolute atomic E-state index is 0.0940. The highest BCUT2D eigenvalue weighted by atomic mass is 79.9. The lowest BCUT2D eigenvalue weighted by Gasteiger charge is -2.23. The fraction of sp³-hybridized carbons (Fsp3) is 0.583. The van der Waals surface area contributed by atoms with Crippen LogP contribution < -0.4 is 11.1 Å². The molecule has 0 radical (unpaired) electrons. The minimum atomic E-state index is 0.0940. The first kappa shape index (κ1) is 14.7. The second-order valence-corrected chi connectivity index (χ2v) is 6.71. The fourth-order valence-electron chi connectivity index (χ4n) is 1.63. The lowest BCUT2D eigenvalue weighted by atomic mass is 9.88. The maximum Gasteiger partial charge on any atom is 0.144 e. The molecule has 17 heavy (non-hydrogen) atoms. The van der Waals surface area contributed by atoms with Gasteiger partial charge in [0.25, 0.3) is 0 Å². The number of nitrogens with two attached hydrogens (primary N) is 1. The van der Waals surface area contributed by atoms with Crippen LogP contribution in [0.3, 0.4) is 0 Å². The van der Waals surface area contributed by atoms with E-state index in [-0.39, 0.29) is 11.5 Å². The second-order valence-electron chi connectivity index (χ2n) is 5.39. The number of hydrogen-bond acceptors (Lipinski definition) is 3. The van der Waals surface area contributed by atoms with Crippen LogP contribution in [0.2, 0.25) is 5.02 Å². The number of nitrogens with zero attached hydrogens (tertiary/aromatic N) is 1. The molecular formula is C12H19BrClN3. The third-order valence-corrected chi connectivity index (χ3v) is 2.94. The first-order valence-electron chi connectivity index (χ1n) is 5.58. The van der Waals surface area contributed by atoms with Gasteiger partial charge in [0, 0.05) is 23.3 Å². The van der Waals surface area contributed by atoms with Crippen molar-refractivity contribution in [3.05, 3.63) is 21.8 Å². The predicted octanol–water partition coefficient (Wildman–Crippen LogP) is 3.67. The molecule has 0 saturated carbocycles. The molecule has 1 rings (SSSR count). The van der Waals surface area contributed by atoms with Crippen LogP contribution in [-0.4, -0.2) is 17.6 Å². The molecule has 1 aromatic rings. The molecule has 0 aromatic carbocycles. The summed E-state index contributed by atoms with van der Waals surface area (Å²) in [5.41, 5.74) is 6.28. The van der Waals surface area contributed by atoms with E-state index in [1.165, 1.54) is 0 Å². The molecule has 0 fully saturated rings. The number of aromatic nitrogens is 1. The van der Waals surface area contributed by atoms with Gasteiger partial charge in [-0.3, -0.25) is 0 Å². The lowest BCUT2D eigenvalue weighted by molar-refractivity contribution is 0.344. The van der Waals surface area contributed by atoms with Gasteiger partial charge in [0.2, 0.25) is 0 Å². The van der Waals surface area contributed by atoms with Crippen molar-refractivity contribution in [2.24, 2.45) is 11.1 Å². The summed E-state index contributed by atoms with van der Waals surface area (Å²) < 4.78 is 0.868. The molecule has 96 valence electrons. The Kier molecular flexibility index (Phi) is 5.22. The van der Waals surface area contributed by atoms with E-state index < -0.39 is 0 Å². The molecule has 1 heterocycles. The van der Waals surface area contributed by atoms with E-state index in [0.717, 1.165) is 10.9 Å². The lowest BCUT2D eigenvalue weighted by Crippen LogP contribution is -2.33. The number of rotatable bonds is 4. The molecule has 0 aliphatic carbocycles. The van der Waals surface area contributed by atoms with Crippen LogP contribution in [0.1, 0.15) is 27.2 Å². The van der Waals surface area contributed by atoms with Crippen molar-refractivity contribution in [3.63, 3.8) is 0 Å². The van der Waals surface area contributed by atoms with Crippen molar-refractivity contribution in [3.8, 4) is 0 Å². The Hall–Kier alpha value is -0.320. The van der Waals surface area contributed by atoms with Crippen LogP contribution in [-0.2, 0) is 0 Å². The van der Waals surface area contributed by atoms with Crippen molar-refractivity contribution in [1.29, 1.82) is 0 Å². The highest BCUT2D eigenvalue weighted by molar-refractivity contribution is 9.10. The van der Waals surface area contributed by atoms with Crippen LogP contribution in [0.5, 0.6) is 0 Å². The Morgan fingerprint density at radius 1 is 1.53 bits per heavy atom. The van der Waals surface area contributed by atoms with Crippen molar-refractivity contribution in [1.82, 2.24) is 4.98 Å². The van der Waals surface area contributed by atoms with E-state index in [4.69, 9.17) is 17.3 Å². The standard InChI is InChI=1S/C12H19BrClN3/c1-12(2,3)5-9(15)7-17-11-10(14)4-8(13)6-16-11/h4,6,9H,5,7,15H2,1-3H3,(H,16,17). The number of nitrogens with one attached hydrogen (secondary N) is 1. The maximum atomic E-state index is 6.05. The van der Waals surface area contributed by atoms with Gasteiger partial charge in [-0.15, -0.1) is 0 Å². The third-order valence-electron chi connectivity index (χ3n) is 2.21. The molecule has 0 bridgehead atoms. The van der Waals surface area contributed by atoms with Gasteiger partial charge in [-0.25, -0.2) is 4.98 Å². The van der Waals surface area contributed by atoms with E-state index >= 15 is 0 Å². The van der Waals surface area contributed by atoms with E-state index in [1.807, 2.05) is 6.07 Å². The van der Waals surface area contributed by atoms with Crippen LogP contribution in [0, 0.1) is 5.41 Å². The zero-order valence-corrected chi connectivity index (χ0v) is 12.8. The average molecular weight is 321 g/mol. The summed E-state index contributed by atoms with van der Waals surface area (Å²) in [7, 11) is 0. The summed E-state index contributed by atoms with van der Waals surface area (Å²) in [5.74, 6) is 0.680. The Labute approximate surface area is 116 Å². The number of pyridine rings is 1. The number of anilines is 1. The largest absolute Gasteiger partial charge is 0.367 e. The third kappa shape index (κ3) is 5.70. The van der Waals surface area contributed by atoms with Crippen LogP contribution >= 0.6 is 27.5 Å². The van der Waals surface area contributed by atoms with Crippen LogP contribution in [0.25, 0.3) is 0 Å². The van der Waals surface area contributed by atoms with Gasteiger partial charge < -0.3 is 11.1 Å². The highest BCUT2D eigenvalue weighted by Crippen LogP contribution is 2.24. The second kappa shape index (κ2) is 6.03. The topological polar surface area (TPSA) is 50.9 Å². The van der Waals surface area contributed by atoms with Crippen LogP contribution in [0.15, 0.2) is 16.7 Å². The monoisotopic (exact) mass is 319 g/mol. The summed E-state index contributed by atoms with van der Waals surface area (Å²) in [6, 6.07) is 1.91. The van der Waals surface area contributed by atoms with E-state index in [2.05, 4.69) is 47.0 Å². The Morgan fingerprint density at radius 2 is 2.18 bits per heavy atom. The average Bonchev–Trinajstić information content (AvgIpc) is 2.13. The molecule has 0 aliphatic rings. The summed E-state index contributed by atoms with van der Waals surface area (Å²) in [6.45, 7) is 7.21. The van der Waals surface area contributed by atoms with Crippen molar-refractivity contribution >= 4 is 33.3 Å². The number of hydrogen-bond donors (Lipinski definition) is 2. The molecule has 1 atom stereocenters. The molecule has 3 N–H and O–H groups in total. The predicted molar refractivity (Wildman–Crippen MR) is 77.5 cm³/mol. The molecule has 3 nitrogen and oxygen atoms in total. The highest BCUT2D eigenvalue weighted by Gasteiger charge is 2.15. The van der Waals surface area contributed by atoms with Crippen LogP contribution in [0.4, 0.5) is 5.82 Å². The van der Waals surface area contributed by atoms with Crippen molar-refractivity contribution < 1.29 is 0 Å². The van der Waals surface area contributed by atoms with Gasteiger partial charge in [-0.05, 0) is 33.8 Å². The van der Waals surface area contributed by atoms with E-state index in [0.29, 0.717) is 17.4 Å². The molecule has 0 aliphatic heterocycles. The normalized spacial score (nSPS) is 13.5. The summed E-state index contributed by atoms with van der Waals surface area (Å²) in [4.78, 5) is 4.20. The minimum Gasteiger partial charge on any atom is -0.367 e.